The van der Waals surface area contributed by atoms with Crippen molar-refractivity contribution in [3.05, 3.63) is 65.8 Å². The fourth-order valence-corrected chi connectivity index (χ4v) is 4.08. The average molecular weight is 387 g/mol. The smallest absolute Gasteiger partial charge is 0.253 e. The monoisotopic (exact) mass is 387 g/mol. The topological polar surface area (TPSA) is 87.9 Å². The van der Waals surface area contributed by atoms with Gasteiger partial charge in [-0.25, -0.2) is 4.98 Å². The van der Waals surface area contributed by atoms with E-state index in [0.29, 0.717) is 29.8 Å². The van der Waals surface area contributed by atoms with Crippen molar-refractivity contribution < 1.29 is 9.21 Å². The van der Waals surface area contributed by atoms with Gasteiger partial charge in [0, 0.05) is 54.8 Å². The fraction of sp³-hybridized carbons (Fsp3) is 0.273. The number of H-pyrrole nitrogens is 1. The molecule has 146 valence electrons. The second kappa shape index (κ2) is 7.16. The zero-order valence-corrected chi connectivity index (χ0v) is 16.1. The Bertz CT molecular complexity index is 1160. The van der Waals surface area contributed by atoms with Gasteiger partial charge in [-0.05, 0) is 54.8 Å². The number of likely N-dealkylation sites (tertiary alicyclic amines) is 1. The van der Waals surface area contributed by atoms with Crippen LogP contribution in [0, 0.1) is 6.92 Å². The fourth-order valence-electron chi connectivity index (χ4n) is 4.08. The normalized spacial score (nSPS) is 17.0. The van der Waals surface area contributed by atoms with Gasteiger partial charge in [-0.2, -0.15) is 0 Å². The molecule has 0 radical (unpaired) electrons. The number of aryl methyl sites for hydroxylation is 1. The molecule has 0 aliphatic carbocycles. The standard InChI is InChI=1S/C22H21N5O2/c1-14-25-26-21(29-14)15-6-8-16(9-7-15)22(28)27-11-3-4-17(13-27)19-12-24-20-18(19)5-2-10-23-20/h2,5-10,12,17H,3-4,11,13H2,1H3,(H,23,24). The number of benzene rings is 1. The summed E-state index contributed by atoms with van der Waals surface area (Å²) in [5.74, 6) is 1.35. The molecule has 0 bridgehead atoms. The number of nitrogens with one attached hydrogen (secondary N) is 1. The van der Waals surface area contributed by atoms with Crippen LogP contribution in [-0.4, -0.2) is 44.1 Å². The van der Waals surface area contributed by atoms with Crippen LogP contribution in [-0.2, 0) is 0 Å². The number of rotatable bonds is 3. The Labute approximate surface area is 167 Å². The molecule has 1 atom stereocenters. The minimum absolute atomic E-state index is 0.0564. The molecule has 0 saturated carbocycles. The predicted octanol–water partition coefficient (Wildman–Crippen LogP) is 3.94. The molecule has 7 heteroatoms. The van der Waals surface area contributed by atoms with Crippen molar-refractivity contribution in [1.29, 1.82) is 0 Å². The molecular weight excluding hydrogens is 366 g/mol. The first-order chi connectivity index (χ1) is 14.2. The molecule has 7 nitrogen and oxygen atoms in total. The number of pyridine rings is 1. The van der Waals surface area contributed by atoms with Crippen LogP contribution in [0.5, 0.6) is 0 Å². The summed E-state index contributed by atoms with van der Waals surface area (Å²) in [5.41, 5.74) is 3.63. The number of carbonyl (C=O) groups excluding carboxylic acids is 1. The summed E-state index contributed by atoms with van der Waals surface area (Å²) in [6.45, 7) is 3.25. The molecule has 4 aromatic rings. The summed E-state index contributed by atoms with van der Waals surface area (Å²) in [5, 5.41) is 9.02. The highest BCUT2D eigenvalue weighted by Gasteiger charge is 2.27. The third-order valence-electron chi connectivity index (χ3n) is 5.54. The largest absolute Gasteiger partial charge is 0.421 e. The third kappa shape index (κ3) is 3.29. The molecule has 1 amide bonds. The van der Waals surface area contributed by atoms with E-state index >= 15 is 0 Å². The first-order valence-electron chi connectivity index (χ1n) is 9.81. The van der Waals surface area contributed by atoms with E-state index < -0.39 is 0 Å². The summed E-state index contributed by atoms with van der Waals surface area (Å²) >= 11 is 0. The molecule has 0 spiro atoms. The minimum atomic E-state index is 0.0564. The van der Waals surface area contributed by atoms with Gasteiger partial charge in [-0.3, -0.25) is 4.79 Å². The lowest BCUT2D eigenvalue weighted by molar-refractivity contribution is 0.0707. The van der Waals surface area contributed by atoms with E-state index in [9.17, 15) is 4.79 Å². The highest BCUT2D eigenvalue weighted by molar-refractivity contribution is 5.94. The Morgan fingerprint density at radius 1 is 1.21 bits per heavy atom. The lowest BCUT2D eigenvalue weighted by atomic mass is 9.90. The van der Waals surface area contributed by atoms with E-state index in [2.05, 4.69) is 26.2 Å². The Morgan fingerprint density at radius 2 is 2.07 bits per heavy atom. The van der Waals surface area contributed by atoms with Crippen molar-refractivity contribution in [2.24, 2.45) is 0 Å². The van der Waals surface area contributed by atoms with Crippen LogP contribution in [0.4, 0.5) is 0 Å². The van der Waals surface area contributed by atoms with Crippen LogP contribution in [0.25, 0.3) is 22.5 Å². The van der Waals surface area contributed by atoms with Gasteiger partial charge in [0.2, 0.25) is 11.8 Å². The van der Waals surface area contributed by atoms with Gasteiger partial charge in [0.05, 0.1) is 0 Å². The van der Waals surface area contributed by atoms with Crippen LogP contribution in [0.2, 0.25) is 0 Å². The number of piperidine rings is 1. The van der Waals surface area contributed by atoms with Crippen molar-refractivity contribution >= 4 is 16.9 Å². The number of aromatic nitrogens is 4. The SMILES string of the molecule is Cc1nnc(-c2ccc(C(=O)N3CCCC(c4c[nH]c5ncccc45)C3)cc2)o1. The van der Waals surface area contributed by atoms with Gasteiger partial charge < -0.3 is 14.3 Å². The van der Waals surface area contributed by atoms with E-state index in [0.717, 1.165) is 36.0 Å². The summed E-state index contributed by atoms with van der Waals surface area (Å²) in [4.78, 5) is 22.7. The van der Waals surface area contributed by atoms with Gasteiger partial charge in [-0.15, -0.1) is 10.2 Å². The number of nitrogens with zero attached hydrogens (tertiary/aromatic N) is 4. The van der Waals surface area contributed by atoms with Gasteiger partial charge >= 0.3 is 0 Å². The molecule has 1 fully saturated rings. The first-order valence-corrected chi connectivity index (χ1v) is 9.81. The van der Waals surface area contributed by atoms with Gasteiger partial charge in [0.15, 0.2) is 0 Å². The maximum Gasteiger partial charge on any atom is 0.253 e. The summed E-state index contributed by atoms with van der Waals surface area (Å²) in [7, 11) is 0. The molecule has 1 aromatic carbocycles. The summed E-state index contributed by atoms with van der Waals surface area (Å²) < 4.78 is 5.45. The van der Waals surface area contributed by atoms with Crippen LogP contribution in [0.3, 0.4) is 0 Å². The lowest BCUT2D eigenvalue weighted by Crippen LogP contribution is -2.39. The molecule has 1 aliphatic heterocycles. The third-order valence-corrected chi connectivity index (χ3v) is 5.54. The maximum atomic E-state index is 13.1. The van der Waals surface area contributed by atoms with E-state index in [-0.39, 0.29) is 5.91 Å². The number of hydrogen-bond acceptors (Lipinski definition) is 5. The highest BCUT2D eigenvalue weighted by Crippen LogP contribution is 2.32. The predicted molar refractivity (Wildman–Crippen MR) is 108 cm³/mol. The van der Waals surface area contributed by atoms with Crippen LogP contribution in [0.15, 0.2) is 53.2 Å². The maximum absolute atomic E-state index is 13.1. The Hall–Kier alpha value is -3.48. The molecule has 3 aromatic heterocycles. The zero-order valence-electron chi connectivity index (χ0n) is 16.1. The van der Waals surface area contributed by atoms with Crippen LogP contribution in [0.1, 0.15) is 40.6 Å². The van der Waals surface area contributed by atoms with E-state index in [1.54, 1.807) is 13.1 Å². The lowest BCUT2D eigenvalue weighted by Gasteiger charge is -2.33. The van der Waals surface area contributed by atoms with Crippen molar-refractivity contribution in [2.75, 3.05) is 13.1 Å². The van der Waals surface area contributed by atoms with Gasteiger partial charge in [0.1, 0.15) is 5.65 Å². The van der Waals surface area contributed by atoms with Crippen molar-refractivity contribution in [3.8, 4) is 11.5 Å². The number of aromatic amines is 1. The summed E-state index contributed by atoms with van der Waals surface area (Å²) in [6, 6.07) is 11.4. The minimum Gasteiger partial charge on any atom is -0.421 e. The van der Waals surface area contributed by atoms with Crippen LogP contribution < -0.4 is 0 Å². The molecule has 1 N–H and O–H groups in total. The Kier molecular flexibility index (Phi) is 4.35. The second-order valence-corrected chi connectivity index (χ2v) is 7.44. The van der Waals surface area contributed by atoms with Gasteiger partial charge in [0.25, 0.3) is 5.91 Å². The number of amides is 1. The Morgan fingerprint density at radius 3 is 2.86 bits per heavy atom. The Balaban J connectivity index is 1.34. The van der Waals surface area contributed by atoms with E-state index in [4.69, 9.17) is 4.42 Å². The molecule has 5 rings (SSSR count). The molecular formula is C22H21N5O2. The molecule has 4 heterocycles. The van der Waals surface area contributed by atoms with E-state index in [1.165, 1.54) is 5.56 Å². The number of fused-ring (bicyclic) bond motifs is 1. The quantitative estimate of drug-likeness (QED) is 0.575. The van der Waals surface area contributed by atoms with Crippen molar-refractivity contribution in [2.45, 2.75) is 25.7 Å². The average Bonchev–Trinajstić information content (AvgIpc) is 3.40. The zero-order chi connectivity index (χ0) is 19.8. The van der Waals surface area contributed by atoms with Crippen molar-refractivity contribution in [1.82, 2.24) is 25.1 Å². The molecule has 1 aliphatic rings. The molecule has 29 heavy (non-hydrogen) atoms. The van der Waals surface area contributed by atoms with Crippen LogP contribution >= 0.6 is 0 Å². The van der Waals surface area contributed by atoms with Crippen molar-refractivity contribution in [3.63, 3.8) is 0 Å². The number of carbonyl (C=O) groups is 1. The number of hydrogen-bond donors (Lipinski definition) is 1. The second-order valence-electron chi connectivity index (χ2n) is 7.44. The molecule has 1 saturated heterocycles. The highest BCUT2D eigenvalue weighted by atomic mass is 16.4. The van der Waals surface area contributed by atoms with Gasteiger partial charge in [-0.1, -0.05) is 0 Å². The van der Waals surface area contributed by atoms with E-state index in [1.807, 2.05) is 41.4 Å². The first kappa shape index (κ1) is 17.6. The molecule has 1 unspecified atom stereocenters. The summed E-state index contributed by atoms with van der Waals surface area (Å²) in [6.07, 6.45) is 5.89.